The van der Waals surface area contributed by atoms with Crippen molar-refractivity contribution in [3.63, 3.8) is 0 Å². The molecule has 1 fully saturated rings. The highest BCUT2D eigenvalue weighted by molar-refractivity contribution is 7.85. The first-order chi connectivity index (χ1) is 13.7. The Balaban J connectivity index is 2.37. The minimum absolute atomic E-state index is 0.0631. The molecule has 1 aliphatic rings. The van der Waals surface area contributed by atoms with Gasteiger partial charge < -0.3 is 23.7 Å². The molecule has 0 N–H and O–H groups in total. The van der Waals surface area contributed by atoms with Crippen molar-refractivity contribution >= 4 is 28.7 Å². The highest BCUT2D eigenvalue weighted by Gasteiger charge is 2.52. The number of carbonyl (C=O) groups excluding carboxylic acids is 3. The van der Waals surface area contributed by atoms with E-state index < -0.39 is 59.4 Å². The maximum Gasteiger partial charge on any atom is 0.303 e. The zero-order valence-electron chi connectivity index (χ0n) is 16.6. The van der Waals surface area contributed by atoms with E-state index in [1.54, 1.807) is 30.3 Å². The number of benzene rings is 1. The second kappa shape index (κ2) is 10.5. The van der Waals surface area contributed by atoms with Crippen LogP contribution in [0.4, 0.5) is 0 Å². The standard InChI is InChI=1S/C19H24O9S/c1-11(20)25-16-15(10-29(23)14-8-6-5-7-9-14)28-19(24-4)18(27-13(3)22)17(16)26-12(2)21/h5-9,15-19H,10H2,1-4H3/t15-,16-,17+,18-,19+,29-/m1/s1. The van der Waals surface area contributed by atoms with Crippen LogP contribution in [0.5, 0.6) is 0 Å². The number of rotatable bonds is 7. The number of carbonyl (C=O) groups is 3. The second-order valence-corrected chi connectivity index (χ2v) is 7.82. The molecule has 1 aliphatic heterocycles. The van der Waals surface area contributed by atoms with Crippen molar-refractivity contribution in [3.05, 3.63) is 30.3 Å². The van der Waals surface area contributed by atoms with Crippen molar-refractivity contribution in [2.75, 3.05) is 12.9 Å². The first-order valence-corrected chi connectivity index (χ1v) is 10.2. The van der Waals surface area contributed by atoms with Gasteiger partial charge in [0.15, 0.2) is 24.6 Å². The SMILES string of the molecule is CO[C@H]1O[C@H](C[S@@](=O)c2ccccc2)[C@@H](OC(C)=O)[C@H](OC(C)=O)[C@H]1OC(C)=O. The van der Waals surface area contributed by atoms with E-state index >= 15 is 0 Å². The Morgan fingerprint density at radius 1 is 0.897 bits per heavy atom. The lowest BCUT2D eigenvalue weighted by molar-refractivity contribution is -0.294. The summed E-state index contributed by atoms with van der Waals surface area (Å²) in [5, 5.41) is 0. The van der Waals surface area contributed by atoms with E-state index in [0.717, 1.165) is 0 Å². The van der Waals surface area contributed by atoms with E-state index in [1.807, 2.05) is 0 Å². The molecule has 9 nitrogen and oxygen atoms in total. The third-order valence-electron chi connectivity index (χ3n) is 4.05. The molecule has 10 heteroatoms. The molecule has 2 rings (SSSR count). The van der Waals surface area contributed by atoms with Crippen molar-refractivity contribution in [2.45, 2.75) is 56.4 Å². The summed E-state index contributed by atoms with van der Waals surface area (Å²) in [4.78, 5) is 35.5. The quantitative estimate of drug-likeness (QED) is 0.463. The maximum absolute atomic E-state index is 12.8. The molecule has 29 heavy (non-hydrogen) atoms. The highest BCUT2D eigenvalue weighted by Crippen LogP contribution is 2.30. The predicted molar refractivity (Wildman–Crippen MR) is 100 cm³/mol. The van der Waals surface area contributed by atoms with E-state index in [-0.39, 0.29) is 5.75 Å². The molecule has 0 unspecified atom stereocenters. The van der Waals surface area contributed by atoms with E-state index in [0.29, 0.717) is 4.90 Å². The number of ether oxygens (including phenoxy) is 5. The van der Waals surface area contributed by atoms with Gasteiger partial charge in [0.25, 0.3) is 0 Å². The average molecular weight is 428 g/mol. The van der Waals surface area contributed by atoms with E-state index in [2.05, 4.69) is 0 Å². The summed E-state index contributed by atoms with van der Waals surface area (Å²) in [6.45, 7) is 3.53. The van der Waals surface area contributed by atoms with Crippen LogP contribution in [0.3, 0.4) is 0 Å². The largest absolute Gasteiger partial charge is 0.456 e. The van der Waals surface area contributed by atoms with E-state index in [1.165, 1.54) is 27.9 Å². The van der Waals surface area contributed by atoms with Crippen molar-refractivity contribution in [2.24, 2.45) is 0 Å². The fraction of sp³-hybridized carbons (Fsp3) is 0.526. The lowest BCUT2D eigenvalue weighted by Gasteiger charge is -2.43. The summed E-state index contributed by atoms with van der Waals surface area (Å²) in [6.07, 6.45) is -5.59. The minimum Gasteiger partial charge on any atom is -0.456 e. The Labute approximate surface area is 171 Å². The summed E-state index contributed by atoms with van der Waals surface area (Å²) >= 11 is 0. The minimum atomic E-state index is -1.50. The fourth-order valence-electron chi connectivity index (χ4n) is 3.00. The van der Waals surface area contributed by atoms with Gasteiger partial charge in [-0.05, 0) is 12.1 Å². The summed E-state index contributed by atoms with van der Waals surface area (Å²) < 4.78 is 39.7. The molecule has 6 atom stereocenters. The first-order valence-electron chi connectivity index (χ1n) is 8.86. The van der Waals surface area contributed by atoms with Crippen LogP contribution in [0.25, 0.3) is 0 Å². The van der Waals surface area contributed by atoms with Crippen LogP contribution in [-0.2, 0) is 48.9 Å². The highest BCUT2D eigenvalue weighted by atomic mass is 32.2. The molecule has 1 saturated heterocycles. The van der Waals surface area contributed by atoms with Gasteiger partial charge in [-0.25, -0.2) is 0 Å². The van der Waals surface area contributed by atoms with Gasteiger partial charge in [0.2, 0.25) is 0 Å². The topological polar surface area (TPSA) is 114 Å². The summed E-state index contributed by atoms with van der Waals surface area (Å²) in [5.41, 5.74) is 0. The van der Waals surface area contributed by atoms with Crippen molar-refractivity contribution in [3.8, 4) is 0 Å². The average Bonchev–Trinajstić information content (AvgIpc) is 2.65. The molecule has 0 spiro atoms. The molecule has 0 radical (unpaired) electrons. The Morgan fingerprint density at radius 3 is 1.93 bits per heavy atom. The predicted octanol–water partition coefficient (Wildman–Crippen LogP) is 0.961. The lowest BCUT2D eigenvalue weighted by atomic mass is 9.98. The Hall–Kier alpha value is -2.30. The smallest absolute Gasteiger partial charge is 0.303 e. The summed E-state index contributed by atoms with van der Waals surface area (Å²) in [5.74, 6) is -2.06. The van der Waals surface area contributed by atoms with Crippen molar-refractivity contribution in [1.29, 1.82) is 0 Å². The van der Waals surface area contributed by atoms with Crippen LogP contribution in [0.1, 0.15) is 20.8 Å². The van der Waals surface area contributed by atoms with Crippen molar-refractivity contribution in [1.82, 2.24) is 0 Å². The molecule has 1 heterocycles. The fourth-order valence-corrected chi connectivity index (χ4v) is 4.22. The number of esters is 3. The van der Waals surface area contributed by atoms with E-state index in [9.17, 15) is 18.6 Å². The molecule has 0 aromatic heterocycles. The van der Waals surface area contributed by atoms with Crippen LogP contribution in [0.2, 0.25) is 0 Å². The normalized spacial score (nSPS) is 27.5. The molecule has 0 bridgehead atoms. The zero-order chi connectivity index (χ0) is 21.6. The van der Waals surface area contributed by atoms with Crippen LogP contribution >= 0.6 is 0 Å². The summed E-state index contributed by atoms with van der Waals surface area (Å²) in [6, 6.07) is 8.67. The van der Waals surface area contributed by atoms with E-state index in [4.69, 9.17) is 23.7 Å². The Bertz CT molecular complexity index is 751. The molecular formula is C19H24O9S. The Morgan fingerprint density at radius 2 is 1.41 bits per heavy atom. The lowest BCUT2D eigenvalue weighted by Crippen LogP contribution is -2.62. The van der Waals surface area contributed by atoms with Crippen LogP contribution in [0, 0.1) is 0 Å². The van der Waals surface area contributed by atoms with Crippen LogP contribution < -0.4 is 0 Å². The van der Waals surface area contributed by atoms with Gasteiger partial charge >= 0.3 is 17.9 Å². The second-order valence-electron chi connectivity index (χ2n) is 6.33. The van der Waals surface area contributed by atoms with Gasteiger partial charge in [-0.3, -0.25) is 18.6 Å². The third kappa shape index (κ3) is 6.34. The maximum atomic E-state index is 12.8. The van der Waals surface area contributed by atoms with Gasteiger partial charge in [-0.15, -0.1) is 0 Å². The first kappa shape index (κ1) is 23.0. The molecule has 160 valence electrons. The monoisotopic (exact) mass is 428 g/mol. The number of methoxy groups -OCH3 is 1. The molecular weight excluding hydrogens is 404 g/mol. The zero-order valence-corrected chi connectivity index (χ0v) is 17.4. The van der Waals surface area contributed by atoms with Gasteiger partial charge in [0, 0.05) is 32.8 Å². The molecule has 0 saturated carbocycles. The van der Waals surface area contributed by atoms with Crippen LogP contribution in [-0.4, -0.2) is 65.7 Å². The van der Waals surface area contributed by atoms with Gasteiger partial charge in [-0.2, -0.15) is 0 Å². The van der Waals surface area contributed by atoms with Gasteiger partial charge in [0.1, 0.15) is 6.10 Å². The van der Waals surface area contributed by atoms with Crippen molar-refractivity contribution < 1.29 is 42.3 Å². The van der Waals surface area contributed by atoms with Gasteiger partial charge in [0.05, 0.1) is 16.6 Å². The third-order valence-corrected chi connectivity index (χ3v) is 5.48. The van der Waals surface area contributed by atoms with Gasteiger partial charge in [-0.1, -0.05) is 18.2 Å². The molecule has 1 aromatic carbocycles. The Kier molecular flexibility index (Phi) is 8.30. The molecule has 0 aliphatic carbocycles. The number of hydrogen-bond acceptors (Lipinski definition) is 9. The molecule has 1 aromatic rings. The summed E-state index contributed by atoms with van der Waals surface area (Å²) in [7, 11) is -0.180. The van der Waals surface area contributed by atoms with Crippen LogP contribution in [0.15, 0.2) is 35.2 Å². The molecule has 0 amide bonds. The number of hydrogen-bond donors (Lipinski definition) is 0.